The van der Waals surface area contributed by atoms with E-state index in [4.69, 9.17) is 5.73 Å². The smallest absolute Gasteiger partial charge is 0.193 e. The quantitative estimate of drug-likeness (QED) is 0.653. The maximum atomic E-state index is 12.1. The molecule has 0 bridgehead atoms. The van der Waals surface area contributed by atoms with Crippen LogP contribution < -0.4 is 5.73 Å². The first-order chi connectivity index (χ1) is 8.08. The fourth-order valence-corrected chi connectivity index (χ4v) is 1.96. The molecular weight excluding hydrogens is 346 g/mol. The molecule has 0 saturated carbocycles. The lowest BCUT2D eigenvalue weighted by molar-refractivity contribution is 0.103. The van der Waals surface area contributed by atoms with Gasteiger partial charge in [-0.1, -0.05) is 15.9 Å². The average Bonchev–Trinajstić information content (AvgIpc) is 2.33. The first kappa shape index (κ1) is 12.3. The van der Waals surface area contributed by atoms with Crippen LogP contribution in [-0.2, 0) is 0 Å². The summed E-state index contributed by atoms with van der Waals surface area (Å²) < 4.78 is 1.74. The van der Waals surface area contributed by atoms with Crippen LogP contribution in [0.3, 0.4) is 0 Å². The summed E-state index contributed by atoms with van der Waals surface area (Å²) in [5, 5.41) is 0. The van der Waals surface area contributed by atoms with Crippen LogP contribution in [0, 0.1) is 0 Å². The molecule has 2 aromatic rings. The highest BCUT2D eigenvalue weighted by Crippen LogP contribution is 2.22. The Balaban J connectivity index is 2.37. The average molecular weight is 355 g/mol. The zero-order chi connectivity index (χ0) is 12.4. The third-order valence-corrected chi connectivity index (χ3v) is 3.62. The number of rotatable bonds is 2. The minimum Gasteiger partial charge on any atom is -0.398 e. The van der Waals surface area contributed by atoms with Crippen LogP contribution in [0.15, 0.2) is 51.4 Å². The van der Waals surface area contributed by atoms with Gasteiger partial charge in [0.25, 0.3) is 0 Å². The molecule has 0 atom stereocenters. The molecule has 0 radical (unpaired) electrons. The molecule has 0 spiro atoms. The Labute approximate surface area is 116 Å². The SMILES string of the molecule is Nc1cc(C(=O)c2ccc(Br)cc2)ccc1Br. The Morgan fingerprint density at radius 3 is 2.12 bits per heavy atom. The summed E-state index contributed by atoms with van der Waals surface area (Å²) in [6.07, 6.45) is 0. The number of hydrogen-bond donors (Lipinski definition) is 1. The van der Waals surface area contributed by atoms with E-state index < -0.39 is 0 Å². The van der Waals surface area contributed by atoms with Gasteiger partial charge >= 0.3 is 0 Å². The third-order valence-electron chi connectivity index (χ3n) is 2.36. The molecular formula is C13H9Br2NO. The van der Waals surface area contributed by atoms with E-state index >= 15 is 0 Å². The van der Waals surface area contributed by atoms with Gasteiger partial charge in [0.2, 0.25) is 0 Å². The number of ketones is 1. The number of halogens is 2. The molecule has 2 nitrogen and oxygen atoms in total. The second kappa shape index (κ2) is 5.02. The molecule has 0 fully saturated rings. The first-order valence-electron chi connectivity index (χ1n) is 4.93. The summed E-state index contributed by atoms with van der Waals surface area (Å²) in [7, 11) is 0. The molecule has 86 valence electrons. The van der Waals surface area contributed by atoms with Crippen molar-refractivity contribution in [3.8, 4) is 0 Å². The van der Waals surface area contributed by atoms with Crippen molar-refractivity contribution in [2.75, 3.05) is 5.73 Å². The number of hydrogen-bond acceptors (Lipinski definition) is 2. The molecule has 2 rings (SSSR count). The normalized spacial score (nSPS) is 10.2. The van der Waals surface area contributed by atoms with E-state index in [1.807, 2.05) is 12.1 Å². The van der Waals surface area contributed by atoms with Crippen LogP contribution in [-0.4, -0.2) is 5.78 Å². The number of benzene rings is 2. The molecule has 4 heteroatoms. The highest BCUT2D eigenvalue weighted by molar-refractivity contribution is 9.10. The predicted octanol–water partition coefficient (Wildman–Crippen LogP) is 4.02. The van der Waals surface area contributed by atoms with Crippen molar-refractivity contribution in [2.24, 2.45) is 0 Å². The monoisotopic (exact) mass is 353 g/mol. The molecule has 2 aromatic carbocycles. The number of nitrogen functional groups attached to an aromatic ring is 1. The van der Waals surface area contributed by atoms with Gasteiger partial charge in [-0.25, -0.2) is 0 Å². The van der Waals surface area contributed by atoms with Crippen LogP contribution in [0.2, 0.25) is 0 Å². The van der Waals surface area contributed by atoms with Gasteiger partial charge in [-0.05, 0) is 58.4 Å². The second-order valence-corrected chi connectivity index (χ2v) is 5.34. The zero-order valence-corrected chi connectivity index (χ0v) is 12.0. The summed E-state index contributed by atoms with van der Waals surface area (Å²) in [5.41, 5.74) is 7.56. The van der Waals surface area contributed by atoms with Gasteiger partial charge in [-0.3, -0.25) is 4.79 Å². The van der Waals surface area contributed by atoms with Gasteiger partial charge in [0, 0.05) is 25.8 Å². The maximum absolute atomic E-state index is 12.1. The van der Waals surface area contributed by atoms with Gasteiger partial charge in [0.15, 0.2) is 5.78 Å². The van der Waals surface area contributed by atoms with E-state index in [-0.39, 0.29) is 5.78 Å². The summed E-state index contributed by atoms with van der Waals surface area (Å²) in [5.74, 6) is -0.0308. The molecule has 17 heavy (non-hydrogen) atoms. The predicted molar refractivity (Wildman–Crippen MR) is 76.1 cm³/mol. The highest BCUT2D eigenvalue weighted by Gasteiger charge is 2.09. The van der Waals surface area contributed by atoms with Crippen LogP contribution in [0.1, 0.15) is 15.9 Å². The Morgan fingerprint density at radius 1 is 0.941 bits per heavy atom. The van der Waals surface area contributed by atoms with E-state index in [1.54, 1.807) is 30.3 Å². The van der Waals surface area contributed by atoms with E-state index in [9.17, 15) is 4.79 Å². The van der Waals surface area contributed by atoms with Crippen molar-refractivity contribution in [2.45, 2.75) is 0 Å². The molecule has 0 aliphatic rings. The molecule has 0 heterocycles. The van der Waals surface area contributed by atoms with E-state index in [1.165, 1.54) is 0 Å². The number of nitrogens with two attached hydrogens (primary N) is 1. The Morgan fingerprint density at radius 2 is 1.53 bits per heavy atom. The topological polar surface area (TPSA) is 43.1 Å². The van der Waals surface area contributed by atoms with Crippen molar-refractivity contribution in [1.82, 2.24) is 0 Å². The standard InChI is InChI=1S/C13H9Br2NO/c14-10-4-1-8(2-5-10)13(17)9-3-6-11(15)12(16)7-9/h1-7H,16H2. The molecule has 0 aliphatic heterocycles. The Kier molecular flexibility index (Phi) is 3.64. The van der Waals surface area contributed by atoms with Crippen molar-refractivity contribution < 1.29 is 4.79 Å². The van der Waals surface area contributed by atoms with Crippen LogP contribution >= 0.6 is 31.9 Å². The summed E-state index contributed by atoms with van der Waals surface area (Å²) in [6, 6.07) is 12.5. The van der Waals surface area contributed by atoms with Crippen LogP contribution in [0.4, 0.5) is 5.69 Å². The zero-order valence-electron chi connectivity index (χ0n) is 8.78. The molecule has 0 aliphatic carbocycles. The summed E-state index contributed by atoms with van der Waals surface area (Å²) in [4.78, 5) is 12.1. The highest BCUT2D eigenvalue weighted by atomic mass is 79.9. The molecule has 0 aromatic heterocycles. The third kappa shape index (κ3) is 2.76. The molecule has 0 saturated heterocycles. The van der Waals surface area contributed by atoms with Gasteiger partial charge in [-0.2, -0.15) is 0 Å². The van der Waals surface area contributed by atoms with Crippen molar-refractivity contribution in [3.05, 3.63) is 62.5 Å². The number of carbonyl (C=O) groups is 1. The summed E-state index contributed by atoms with van der Waals surface area (Å²) >= 11 is 6.64. The van der Waals surface area contributed by atoms with E-state index in [0.717, 1.165) is 8.95 Å². The number of anilines is 1. The minimum absolute atomic E-state index is 0.0308. The van der Waals surface area contributed by atoms with Gasteiger partial charge in [0.1, 0.15) is 0 Å². The van der Waals surface area contributed by atoms with Gasteiger partial charge < -0.3 is 5.73 Å². The van der Waals surface area contributed by atoms with Gasteiger partial charge in [-0.15, -0.1) is 0 Å². The summed E-state index contributed by atoms with van der Waals surface area (Å²) in [6.45, 7) is 0. The lowest BCUT2D eigenvalue weighted by atomic mass is 10.0. The maximum Gasteiger partial charge on any atom is 0.193 e. The largest absolute Gasteiger partial charge is 0.398 e. The molecule has 0 amide bonds. The van der Waals surface area contributed by atoms with E-state index in [2.05, 4.69) is 31.9 Å². The minimum atomic E-state index is -0.0308. The second-order valence-electron chi connectivity index (χ2n) is 3.57. The first-order valence-corrected chi connectivity index (χ1v) is 6.52. The lowest BCUT2D eigenvalue weighted by Gasteiger charge is -2.04. The van der Waals surface area contributed by atoms with Crippen LogP contribution in [0.5, 0.6) is 0 Å². The van der Waals surface area contributed by atoms with Gasteiger partial charge in [0.05, 0.1) is 0 Å². The fourth-order valence-electron chi connectivity index (χ4n) is 1.45. The van der Waals surface area contributed by atoms with Crippen molar-refractivity contribution in [3.63, 3.8) is 0 Å². The molecule has 0 unspecified atom stereocenters. The van der Waals surface area contributed by atoms with Crippen LogP contribution in [0.25, 0.3) is 0 Å². The lowest BCUT2D eigenvalue weighted by Crippen LogP contribution is -2.02. The Bertz CT molecular complexity index is 564. The van der Waals surface area contributed by atoms with Crippen molar-refractivity contribution in [1.29, 1.82) is 0 Å². The Hall–Kier alpha value is -1.13. The fraction of sp³-hybridized carbons (Fsp3) is 0. The van der Waals surface area contributed by atoms with E-state index in [0.29, 0.717) is 16.8 Å². The van der Waals surface area contributed by atoms with Crippen molar-refractivity contribution >= 4 is 43.3 Å². The number of carbonyl (C=O) groups excluding carboxylic acids is 1. The molecule has 2 N–H and O–H groups in total.